The van der Waals surface area contributed by atoms with Crippen LogP contribution in [0.15, 0.2) is 42.5 Å². The summed E-state index contributed by atoms with van der Waals surface area (Å²) in [6.45, 7) is 1.50. The minimum atomic E-state index is -0.261. The third-order valence-electron chi connectivity index (χ3n) is 4.34. The number of carbonyl (C=O) groups is 2. The normalized spacial score (nSPS) is 10.6. The second kappa shape index (κ2) is 6.92. The molecule has 3 rings (SSSR count). The Bertz CT molecular complexity index is 987. The summed E-state index contributed by atoms with van der Waals surface area (Å²) in [5, 5.41) is 3.65. The van der Waals surface area contributed by atoms with Crippen LogP contribution in [0.3, 0.4) is 0 Å². The highest BCUT2D eigenvalue weighted by molar-refractivity contribution is 6.08. The number of rotatable bonds is 5. The molecule has 1 amide bonds. The molecule has 0 saturated carbocycles. The molecule has 6 nitrogen and oxygen atoms in total. The first kappa shape index (κ1) is 17.5. The van der Waals surface area contributed by atoms with Crippen LogP contribution in [0.25, 0.3) is 10.9 Å². The summed E-state index contributed by atoms with van der Waals surface area (Å²) in [4.78, 5) is 24.1. The van der Waals surface area contributed by atoms with E-state index in [-0.39, 0.29) is 11.7 Å². The van der Waals surface area contributed by atoms with Gasteiger partial charge in [-0.1, -0.05) is 0 Å². The molecule has 1 N–H and O–H groups in total. The second-order valence-electron chi connectivity index (χ2n) is 5.91. The van der Waals surface area contributed by atoms with E-state index in [0.717, 1.165) is 10.9 Å². The molecular formula is C20H20N2O4. The highest BCUT2D eigenvalue weighted by Crippen LogP contribution is 2.35. The Morgan fingerprint density at radius 2 is 1.58 bits per heavy atom. The third-order valence-corrected chi connectivity index (χ3v) is 4.34. The average Bonchev–Trinajstić information content (AvgIpc) is 2.99. The number of aromatic nitrogens is 1. The minimum Gasteiger partial charge on any atom is -0.496 e. The van der Waals surface area contributed by atoms with Crippen molar-refractivity contribution in [1.82, 2.24) is 4.57 Å². The number of benzene rings is 2. The molecule has 1 heterocycles. The number of carbonyl (C=O) groups excluding carboxylic acids is 2. The van der Waals surface area contributed by atoms with Gasteiger partial charge >= 0.3 is 0 Å². The summed E-state index contributed by atoms with van der Waals surface area (Å²) in [7, 11) is 4.98. The summed E-state index contributed by atoms with van der Waals surface area (Å²) in [5.41, 5.74) is 2.47. The number of ether oxygens (including phenoxy) is 2. The van der Waals surface area contributed by atoms with Crippen LogP contribution in [0.2, 0.25) is 0 Å². The largest absolute Gasteiger partial charge is 0.496 e. The van der Waals surface area contributed by atoms with Crippen molar-refractivity contribution in [2.75, 3.05) is 19.5 Å². The van der Waals surface area contributed by atoms with Crippen molar-refractivity contribution >= 4 is 28.3 Å². The van der Waals surface area contributed by atoms with Crippen LogP contribution in [0.1, 0.15) is 27.8 Å². The van der Waals surface area contributed by atoms with Gasteiger partial charge in [-0.05, 0) is 49.4 Å². The summed E-state index contributed by atoms with van der Waals surface area (Å²) in [6.07, 6.45) is 0. The SMILES string of the molecule is COc1ccc(OC)c2c1cc(C(=O)Nc1ccc(C(C)=O)cc1)n2C. The van der Waals surface area contributed by atoms with Gasteiger partial charge in [-0.2, -0.15) is 0 Å². The lowest BCUT2D eigenvalue weighted by atomic mass is 10.1. The van der Waals surface area contributed by atoms with Crippen molar-refractivity contribution in [2.45, 2.75) is 6.92 Å². The van der Waals surface area contributed by atoms with Crippen LogP contribution < -0.4 is 14.8 Å². The molecule has 2 aromatic carbocycles. The first-order chi connectivity index (χ1) is 12.5. The molecule has 134 valence electrons. The van der Waals surface area contributed by atoms with E-state index >= 15 is 0 Å². The summed E-state index contributed by atoms with van der Waals surface area (Å²) < 4.78 is 12.6. The molecule has 26 heavy (non-hydrogen) atoms. The quantitative estimate of drug-likeness (QED) is 0.712. The zero-order chi connectivity index (χ0) is 18.8. The Kier molecular flexibility index (Phi) is 4.67. The molecule has 0 saturated heterocycles. The molecular weight excluding hydrogens is 332 g/mol. The third kappa shape index (κ3) is 3.01. The summed E-state index contributed by atoms with van der Waals surface area (Å²) >= 11 is 0. The first-order valence-corrected chi connectivity index (χ1v) is 8.09. The standard InChI is InChI=1S/C20H20N2O4/c1-12(23)13-5-7-14(8-6-13)21-20(24)16-11-15-17(25-3)9-10-18(26-4)19(15)22(16)2/h5-11H,1-4H3,(H,21,24). The molecule has 0 aliphatic heterocycles. The maximum atomic E-state index is 12.7. The fraction of sp³-hybridized carbons (Fsp3) is 0.200. The van der Waals surface area contributed by atoms with Gasteiger partial charge in [-0.25, -0.2) is 0 Å². The van der Waals surface area contributed by atoms with Crippen molar-refractivity contribution in [3.05, 3.63) is 53.7 Å². The van der Waals surface area contributed by atoms with E-state index in [0.29, 0.717) is 28.4 Å². The van der Waals surface area contributed by atoms with Gasteiger partial charge in [0.15, 0.2) is 5.78 Å². The number of ketones is 1. The lowest BCUT2D eigenvalue weighted by molar-refractivity contribution is 0.101. The number of hydrogen-bond acceptors (Lipinski definition) is 4. The zero-order valence-corrected chi connectivity index (χ0v) is 15.1. The van der Waals surface area contributed by atoms with Crippen molar-refractivity contribution in [3.8, 4) is 11.5 Å². The molecule has 3 aromatic rings. The van der Waals surface area contributed by atoms with E-state index in [1.54, 1.807) is 56.2 Å². The number of nitrogens with zero attached hydrogens (tertiary/aromatic N) is 1. The van der Waals surface area contributed by atoms with E-state index in [1.807, 2.05) is 12.1 Å². The minimum absolute atomic E-state index is 0.0178. The van der Waals surface area contributed by atoms with Crippen molar-refractivity contribution in [2.24, 2.45) is 7.05 Å². The van der Waals surface area contributed by atoms with Crippen LogP contribution in [0.5, 0.6) is 11.5 Å². The van der Waals surface area contributed by atoms with Gasteiger partial charge < -0.3 is 19.4 Å². The molecule has 0 fully saturated rings. The van der Waals surface area contributed by atoms with Crippen LogP contribution in [0, 0.1) is 0 Å². The van der Waals surface area contributed by atoms with Crippen LogP contribution in [0.4, 0.5) is 5.69 Å². The van der Waals surface area contributed by atoms with E-state index in [1.165, 1.54) is 6.92 Å². The monoisotopic (exact) mass is 352 g/mol. The molecule has 0 aliphatic carbocycles. The van der Waals surface area contributed by atoms with E-state index in [2.05, 4.69) is 5.32 Å². The molecule has 6 heteroatoms. The highest BCUT2D eigenvalue weighted by Gasteiger charge is 2.19. The topological polar surface area (TPSA) is 69.6 Å². The Morgan fingerprint density at radius 1 is 0.962 bits per heavy atom. The van der Waals surface area contributed by atoms with Crippen LogP contribution >= 0.6 is 0 Å². The number of Topliss-reactive ketones (excluding diaryl/α,β-unsaturated/α-hetero) is 1. The predicted molar refractivity (Wildman–Crippen MR) is 100 cm³/mol. The van der Waals surface area contributed by atoms with E-state index in [4.69, 9.17) is 9.47 Å². The van der Waals surface area contributed by atoms with Gasteiger partial charge in [0.05, 0.1) is 19.7 Å². The number of anilines is 1. The average molecular weight is 352 g/mol. The van der Waals surface area contributed by atoms with Gasteiger partial charge in [0.25, 0.3) is 5.91 Å². The van der Waals surface area contributed by atoms with Gasteiger partial charge in [-0.15, -0.1) is 0 Å². The summed E-state index contributed by atoms with van der Waals surface area (Å²) in [6, 6.07) is 12.2. The Morgan fingerprint density at radius 3 is 2.15 bits per heavy atom. The second-order valence-corrected chi connectivity index (χ2v) is 5.91. The van der Waals surface area contributed by atoms with E-state index < -0.39 is 0 Å². The molecule has 0 radical (unpaired) electrons. The maximum absolute atomic E-state index is 12.7. The molecule has 0 unspecified atom stereocenters. The number of methoxy groups -OCH3 is 2. The van der Waals surface area contributed by atoms with E-state index in [9.17, 15) is 9.59 Å². The molecule has 1 aromatic heterocycles. The lowest BCUT2D eigenvalue weighted by Gasteiger charge is -2.09. The van der Waals surface area contributed by atoms with Crippen LogP contribution in [-0.2, 0) is 7.05 Å². The van der Waals surface area contributed by atoms with Gasteiger partial charge in [0.2, 0.25) is 0 Å². The van der Waals surface area contributed by atoms with Crippen molar-refractivity contribution < 1.29 is 19.1 Å². The number of fused-ring (bicyclic) bond motifs is 1. The van der Waals surface area contributed by atoms with Crippen molar-refractivity contribution in [3.63, 3.8) is 0 Å². The van der Waals surface area contributed by atoms with Gasteiger partial charge in [-0.3, -0.25) is 9.59 Å². The number of hydrogen-bond donors (Lipinski definition) is 1. The van der Waals surface area contributed by atoms with Gasteiger partial charge in [0, 0.05) is 23.7 Å². The highest BCUT2D eigenvalue weighted by atomic mass is 16.5. The molecule has 0 spiro atoms. The predicted octanol–water partition coefficient (Wildman–Crippen LogP) is 3.65. The molecule has 0 bridgehead atoms. The zero-order valence-electron chi connectivity index (χ0n) is 15.1. The number of nitrogens with one attached hydrogen (secondary N) is 1. The fourth-order valence-corrected chi connectivity index (χ4v) is 2.95. The first-order valence-electron chi connectivity index (χ1n) is 8.09. The van der Waals surface area contributed by atoms with Crippen LogP contribution in [-0.4, -0.2) is 30.5 Å². The number of amides is 1. The summed E-state index contributed by atoms with van der Waals surface area (Å²) in [5.74, 6) is 1.05. The van der Waals surface area contributed by atoms with Gasteiger partial charge in [0.1, 0.15) is 17.2 Å². The Balaban J connectivity index is 1.98. The number of aryl methyl sites for hydroxylation is 1. The molecule has 0 aliphatic rings. The Hall–Kier alpha value is -3.28. The fourth-order valence-electron chi connectivity index (χ4n) is 2.95. The smallest absolute Gasteiger partial charge is 0.272 e. The molecule has 0 atom stereocenters. The lowest BCUT2D eigenvalue weighted by Crippen LogP contribution is -2.15. The van der Waals surface area contributed by atoms with Crippen molar-refractivity contribution in [1.29, 1.82) is 0 Å². The Labute approximate surface area is 151 Å². The maximum Gasteiger partial charge on any atom is 0.272 e.